The molecule has 3 nitrogen and oxygen atoms in total. The maximum Gasteiger partial charge on any atom is 0.140 e. The average molecular weight is 241 g/mol. The molecule has 1 aliphatic heterocycles. The van der Waals surface area contributed by atoms with E-state index in [4.69, 9.17) is 22.1 Å². The van der Waals surface area contributed by atoms with Crippen molar-refractivity contribution < 1.29 is 4.74 Å². The van der Waals surface area contributed by atoms with Gasteiger partial charge < -0.3 is 15.8 Å². The molecule has 3 N–H and O–H groups in total. The molecular weight excluding hydrogens is 224 g/mol. The van der Waals surface area contributed by atoms with Crippen molar-refractivity contribution in [3.05, 3.63) is 22.7 Å². The normalized spacial score (nSPS) is 17.4. The van der Waals surface area contributed by atoms with Gasteiger partial charge in [-0.25, -0.2) is 0 Å². The number of aryl methyl sites for hydroxylation is 1. The fourth-order valence-corrected chi connectivity index (χ4v) is 2.11. The molecule has 0 aliphatic carbocycles. The van der Waals surface area contributed by atoms with Gasteiger partial charge in [-0.15, -0.1) is 0 Å². The van der Waals surface area contributed by atoms with Crippen molar-refractivity contribution >= 4 is 17.3 Å². The molecule has 0 bridgehead atoms. The molecule has 4 heteroatoms. The first-order chi connectivity index (χ1) is 7.66. The Morgan fingerprint density at radius 1 is 1.38 bits per heavy atom. The molecule has 1 aromatic rings. The van der Waals surface area contributed by atoms with Crippen LogP contribution in [0.2, 0.25) is 5.02 Å². The van der Waals surface area contributed by atoms with Gasteiger partial charge in [-0.1, -0.05) is 11.6 Å². The van der Waals surface area contributed by atoms with Gasteiger partial charge in [0.2, 0.25) is 0 Å². The molecule has 0 radical (unpaired) electrons. The number of piperidine rings is 1. The van der Waals surface area contributed by atoms with Crippen molar-refractivity contribution in [2.75, 3.05) is 18.8 Å². The highest BCUT2D eigenvalue weighted by molar-refractivity contribution is 6.32. The quantitative estimate of drug-likeness (QED) is 0.781. The zero-order valence-electron chi connectivity index (χ0n) is 9.42. The molecule has 1 aromatic carbocycles. The van der Waals surface area contributed by atoms with Crippen molar-refractivity contribution in [3.63, 3.8) is 0 Å². The van der Waals surface area contributed by atoms with E-state index < -0.39 is 0 Å². The lowest BCUT2D eigenvalue weighted by molar-refractivity contribution is 0.162. The average Bonchev–Trinajstić information content (AvgIpc) is 2.27. The van der Waals surface area contributed by atoms with Gasteiger partial charge in [0, 0.05) is 11.8 Å². The molecule has 0 aromatic heterocycles. The Morgan fingerprint density at radius 3 is 2.75 bits per heavy atom. The number of halogens is 1. The largest absolute Gasteiger partial charge is 0.489 e. The number of anilines is 1. The van der Waals surface area contributed by atoms with E-state index >= 15 is 0 Å². The van der Waals surface area contributed by atoms with Gasteiger partial charge in [0.25, 0.3) is 0 Å². The number of ether oxygens (including phenoxy) is 1. The molecule has 0 atom stereocenters. The number of hydrogen-bond acceptors (Lipinski definition) is 3. The van der Waals surface area contributed by atoms with E-state index in [1.807, 2.05) is 19.1 Å². The number of nitrogens with one attached hydrogen (secondary N) is 1. The van der Waals surface area contributed by atoms with Gasteiger partial charge in [0.1, 0.15) is 11.9 Å². The van der Waals surface area contributed by atoms with Crippen LogP contribution in [0.4, 0.5) is 5.69 Å². The molecule has 1 fully saturated rings. The molecule has 2 rings (SSSR count). The minimum absolute atomic E-state index is 0.251. The van der Waals surface area contributed by atoms with Crippen LogP contribution < -0.4 is 15.8 Å². The lowest BCUT2D eigenvalue weighted by Gasteiger charge is -2.24. The monoisotopic (exact) mass is 240 g/mol. The molecule has 16 heavy (non-hydrogen) atoms. The summed E-state index contributed by atoms with van der Waals surface area (Å²) in [4.78, 5) is 0. The topological polar surface area (TPSA) is 47.3 Å². The Bertz CT molecular complexity index is 376. The number of rotatable bonds is 2. The van der Waals surface area contributed by atoms with Crippen LogP contribution in [0.1, 0.15) is 18.4 Å². The van der Waals surface area contributed by atoms with E-state index in [1.165, 1.54) is 0 Å². The molecule has 1 heterocycles. The summed E-state index contributed by atoms with van der Waals surface area (Å²) in [5.74, 6) is 0.705. The molecule has 0 unspecified atom stereocenters. The molecule has 0 amide bonds. The third-order valence-electron chi connectivity index (χ3n) is 2.90. The van der Waals surface area contributed by atoms with Crippen molar-refractivity contribution in [1.82, 2.24) is 5.32 Å². The van der Waals surface area contributed by atoms with Gasteiger partial charge in [-0.05, 0) is 44.5 Å². The molecule has 1 saturated heterocycles. The summed E-state index contributed by atoms with van der Waals surface area (Å²) >= 11 is 6.12. The first kappa shape index (κ1) is 11.6. The Labute approximate surface area is 101 Å². The minimum Gasteiger partial charge on any atom is -0.489 e. The van der Waals surface area contributed by atoms with E-state index in [0.717, 1.165) is 37.2 Å². The van der Waals surface area contributed by atoms with E-state index in [2.05, 4.69) is 5.32 Å². The Morgan fingerprint density at radius 2 is 2.06 bits per heavy atom. The van der Waals surface area contributed by atoms with Crippen molar-refractivity contribution in [3.8, 4) is 5.75 Å². The van der Waals surface area contributed by atoms with Gasteiger partial charge in [0.15, 0.2) is 0 Å². The zero-order valence-corrected chi connectivity index (χ0v) is 10.2. The van der Waals surface area contributed by atoms with E-state index in [0.29, 0.717) is 10.8 Å². The highest BCUT2D eigenvalue weighted by atomic mass is 35.5. The van der Waals surface area contributed by atoms with Gasteiger partial charge in [-0.3, -0.25) is 0 Å². The van der Waals surface area contributed by atoms with Gasteiger partial charge in [0.05, 0.1) is 5.02 Å². The van der Waals surface area contributed by atoms with Crippen LogP contribution in [0.5, 0.6) is 5.75 Å². The number of hydrogen-bond donors (Lipinski definition) is 2. The van der Waals surface area contributed by atoms with Crippen LogP contribution in [-0.4, -0.2) is 19.2 Å². The molecular formula is C12H17ClN2O. The molecule has 1 aliphatic rings. The third kappa shape index (κ3) is 2.60. The highest BCUT2D eigenvalue weighted by Gasteiger charge is 2.16. The minimum atomic E-state index is 0.251. The highest BCUT2D eigenvalue weighted by Crippen LogP contribution is 2.31. The Balaban J connectivity index is 2.11. The number of nitrogens with two attached hydrogens (primary N) is 1. The summed E-state index contributed by atoms with van der Waals surface area (Å²) < 4.78 is 5.87. The van der Waals surface area contributed by atoms with Crippen LogP contribution in [0.3, 0.4) is 0 Å². The second kappa shape index (κ2) is 4.93. The smallest absolute Gasteiger partial charge is 0.140 e. The van der Waals surface area contributed by atoms with Crippen LogP contribution in [0.15, 0.2) is 12.1 Å². The van der Waals surface area contributed by atoms with Gasteiger partial charge in [-0.2, -0.15) is 0 Å². The Hall–Kier alpha value is -0.930. The van der Waals surface area contributed by atoms with Gasteiger partial charge >= 0.3 is 0 Å². The first-order valence-corrected chi connectivity index (χ1v) is 5.97. The molecule has 0 saturated carbocycles. The zero-order chi connectivity index (χ0) is 11.5. The van der Waals surface area contributed by atoms with Crippen molar-refractivity contribution in [1.29, 1.82) is 0 Å². The summed E-state index contributed by atoms with van der Waals surface area (Å²) in [7, 11) is 0. The molecule has 88 valence electrons. The molecule has 0 spiro atoms. The van der Waals surface area contributed by atoms with Crippen LogP contribution in [0, 0.1) is 6.92 Å². The maximum absolute atomic E-state index is 6.12. The standard InChI is InChI=1S/C12H17ClN2O/c1-8-6-10(13)12(7-11(8)14)16-9-2-4-15-5-3-9/h6-7,9,15H,2-5,14H2,1H3. The SMILES string of the molecule is Cc1cc(Cl)c(OC2CCNCC2)cc1N. The number of nitrogen functional groups attached to an aromatic ring is 1. The summed E-state index contributed by atoms with van der Waals surface area (Å²) in [6.45, 7) is 3.95. The first-order valence-electron chi connectivity index (χ1n) is 5.60. The van der Waals surface area contributed by atoms with E-state index in [1.54, 1.807) is 0 Å². The second-order valence-electron chi connectivity index (χ2n) is 4.21. The van der Waals surface area contributed by atoms with Crippen LogP contribution >= 0.6 is 11.6 Å². The Kier molecular flexibility index (Phi) is 3.56. The van der Waals surface area contributed by atoms with Crippen LogP contribution in [-0.2, 0) is 0 Å². The maximum atomic E-state index is 6.12. The summed E-state index contributed by atoms with van der Waals surface area (Å²) in [5.41, 5.74) is 7.56. The lowest BCUT2D eigenvalue weighted by atomic mass is 10.1. The number of benzene rings is 1. The summed E-state index contributed by atoms with van der Waals surface area (Å²) in [6.07, 6.45) is 2.29. The van der Waals surface area contributed by atoms with E-state index in [-0.39, 0.29) is 6.10 Å². The summed E-state index contributed by atoms with van der Waals surface area (Å²) in [5, 5.41) is 3.94. The predicted octanol–water partition coefficient (Wildman–Crippen LogP) is 2.36. The fraction of sp³-hybridized carbons (Fsp3) is 0.500. The lowest BCUT2D eigenvalue weighted by Crippen LogP contribution is -2.34. The van der Waals surface area contributed by atoms with Crippen molar-refractivity contribution in [2.24, 2.45) is 0 Å². The predicted molar refractivity (Wildman–Crippen MR) is 67.1 cm³/mol. The summed E-state index contributed by atoms with van der Waals surface area (Å²) in [6, 6.07) is 3.67. The van der Waals surface area contributed by atoms with Crippen molar-refractivity contribution in [2.45, 2.75) is 25.9 Å². The van der Waals surface area contributed by atoms with E-state index in [9.17, 15) is 0 Å². The van der Waals surface area contributed by atoms with Crippen LogP contribution in [0.25, 0.3) is 0 Å². The second-order valence-corrected chi connectivity index (χ2v) is 4.61. The third-order valence-corrected chi connectivity index (χ3v) is 3.20. The fourth-order valence-electron chi connectivity index (χ4n) is 1.85.